The van der Waals surface area contributed by atoms with E-state index in [-0.39, 0.29) is 29.8 Å². The van der Waals surface area contributed by atoms with Gasteiger partial charge in [-0.2, -0.15) is 9.49 Å². The molecule has 3 aromatic heterocycles. The van der Waals surface area contributed by atoms with Crippen molar-refractivity contribution >= 4 is 17.5 Å². The summed E-state index contributed by atoms with van der Waals surface area (Å²) in [6.07, 6.45) is 4.73. The second-order valence-corrected chi connectivity index (χ2v) is 9.92. The minimum absolute atomic E-state index is 0.00984. The Bertz CT molecular complexity index is 1560. The van der Waals surface area contributed by atoms with E-state index in [1.54, 1.807) is 35.4 Å². The number of hydrogen-bond acceptors (Lipinski definition) is 5. The summed E-state index contributed by atoms with van der Waals surface area (Å²) < 4.78 is 16.2. The maximum Gasteiger partial charge on any atom is 0.347 e. The van der Waals surface area contributed by atoms with Gasteiger partial charge < -0.3 is 10.2 Å². The van der Waals surface area contributed by atoms with Crippen molar-refractivity contribution in [2.24, 2.45) is 0 Å². The molecule has 1 saturated heterocycles. The van der Waals surface area contributed by atoms with Crippen molar-refractivity contribution in [3.05, 3.63) is 99.6 Å². The number of benzene rings is 1. The normalized spacial score (nSPS) is 18.0. The van der Waals surface area contributed by atoms with Crippen LogP contribution in [-0.2, 0) is 16.0 Å². The number of fused-ring (bicyclic) bond motifs is 1. The Morgan fingerprint density at radius 3 is 2.66 bits per heavy atom. The first-order chi connectivity index (χ1) is 18.5. The fourth-order valence-electron chi connectivity index (χ4n) is 5.26. The first-order valence-corrected chi connectivity index (χ1v) is 12.9. The van der Waals surface area contributed by atoms with E-state index in [9.17, 15) is 18.8 Å². The lowest BCUT2D eigenvalue weighted by Gasteiger charge is -2.27. The zero-order chi connectivity index (χ0) is 26.2. The van der Waals surface area contributed by atoms with E-state index in [2.05, 4.69) is 20.5 Å². The number of hydrogen-bond donors (Lipinski definition) is 2. The first kappa shape index (κ1) is 24.0. The van der Waals surface area contributed by atoms with Crippen LogP contribution in [0.15, 0.2) is 65.6 Å². The lowest BCUT2D eigenvalue weighted by molar-refractivity contribution is -0.138. The van der Waals surface area contributed by atoms with Gasteiger partial charge in [0.1, 0.15) is 6.04 Å². The summed E-state index contributed by atoms with van der Waals surface area (Å²) in [5.74, 6) is -0.803. The first-order valence-electron chi connectivity index (χ1n) is 12.9. The Hall–Kier alpha value is -4.34. The van der Waals surface area contributed by atoms with Crippen LogP contribution in [0.5, 0.6) is 0 Å². The third-order valence-corrected chi connectivity index (χ3v) is 7.37. The SMILES string of the molecule is O=C(N[C@H](c1ccccc1)c1ccc(C2CC2)c(F)n1)[C@@H]1CCCN1C(=O)Cc1cccn2c(=O)[nH]nc12. The lowest BCUT2D eigenvalue weighted by Crippen LogP contribution is -2.47. The van der Waals surface area contributed by atoms with Crippen molar-refractivity contribution in [3.63, 3.8) is 0 Å². The van der Waals surface area contributed by atoms with Gasteiger partial charge in [0.15, 0.2) is 5.65 Å². The molecule has 6 rings (SSSR count). The fraction of sp³-hybridized carbons (Fsp3) is 0.321. The second-order valence-electron chi connectivity index (χ2n) is 9.92. The summed E-state index contributed by atoms with van der Waals surface area (Å²) in [5, 5.41) is 9.46. The van der Waals surface area contributed by atoms with Crippen molar-refractivity contribution in [1.82, 2.24) is 29.8 Å². The predicted molar refractivity (Wildman–Crippen MR) is 137 cm³/mol. The molecule has 2 amide bonds. The van der Waals surface area contributed by atoms with Gasteiger partial charge in [-0.15, -0.1) is 0 Å². The molecule has 0 bridgehead atoms. The number of carbonyl (C=O) groups excluding carboxylic acids is 2. The molecule has 0 unspecified atom stereocenters. The van der Waals surface area contributed by atoms with Gasteiger partial charge in [-0.05, 0) is 49.3 Å². The largest absolute Gasteiger partial charge is 0.347 e. The van der Waals surface area contributed by atoms with Gasteiger partial charge in [0.25, 0.3) is 0 Å². The topological polar surface area (TPSA) is 112 Å². The maximum absolute atomic E-state index is 14.8. The third kappa shape index (κ3) is 4.57. The highest BCUT2D eigenvalue weighted by Gasteiger charge is 2.36. The van der Waals surface area contributed by atoms with E-state index in [0.29, 0.717) is 41.9 Å². The molecule has 1 saturated carbocycles. The molecular weight excluding hydrogens is 487 g/mol. The van der Waals surface area contributed by atoms with E-state index >= 15 is 0 Å². The molecule has 10 heteroatoms. The molecule has 2 fully saturated rings. The maximum atomic E-state index is 14.8. The molecule has 38 heavy (non-hydrogen) atoms. The average molecular weight is 515 g/mol. The van der Waals surface area contributed by atoms with Crippen LogP contribution in [0.25, 0.3) is 5.65 Å². The van der Waals surface area contributed by atoms with Gasteiger partial charge in [0.2, 0.25) is 17.8 Å². The highest BCUT2D eigenvalue weighted by atomic mass is 19.1. The zero-order valence-electron chi connectivity index (χ0n) is 20.6. The van der Waals surface area contributed by atoms with Crippen molar-refractivity contribution < 1.29 is 14.0 Å². The standard InChI is InChI=1S/C28H27FN6O3/c29-25-20(17-10-11-17)12-13-21(30-25)24(18-6-2-1-3-7-18)31-27(37)22-9-5-14-34(22)23(36)16-19-8-4-15-35-26(19)32-33-28(35)38/h1-4,6-8,12-13,15,17,22,24H,5,9-11,14,16H2,(H,31,37)(H,33,38)/t22-,24+/m0/s1. The molecule has 2 N–H and O–H groups in total. The van der Waals surface area contributed by atoms with Crippen molar-refractivity contribution in [2.75, 3.05) is 6.54 Å². The number of pyridine rings is 2. The van der Waals surface area contributed by atoms with Crippen LogP contribution < -0.4 is 11.0 Å². The molecule has 2 aliphatic rings. The molecule has 0 spiro atoms. The minimum atomic E-state index is -0.662. The Kier molecular flexibility index (Phi) is 6.22. The Labute approximate surface area is 217 Å². The van der Waals surface area contributed by atoms with Gasteiger partial charge in [0, 0.05) is 23.9 Å². The molecule has 0 radical (unpaired) electrons. The fourth-order valence-corrected chi connectivity index (χ4v) is 5.26. The summed E-state index contributed by atoms with van der Waals surface area (Å²) >= 11 is 0. The van der Waals surface area contributed by atoms with Crippen molar-refractivity contribution in [2.45, 2.75) is 50.1 Å². The van der Waals surface area contributed by atoms with Crippen LogP contribution in [0.1, 0.15) is 60.0 Å². The van der Waals surface area contributed by atoms with E-state index in [1.165, 1.54) is 4.40 Å². The summed E-state index contributed by atoms with van der Waals surface area (Å²) in [6, 6.07) is 15.0. The van der Waals surface area contributed by atoms with Crippen LogP contribution in [0.3, 0.4) is 0 Å². The molecule has 4 heterocycles. The molecule has 4 aromatic rings. The van der Waals surface area contributed by atoms with Gasteiger partial charge in [-0.1, -0.05) is 42.5 Å². The number of aromatic nitrogens is 4. The smallest absolute Gasteiger partial charge is 0.342 e. The molecule has 1 aliphatic heterocycles. The molecule has 194 valence electrons. The highest BCUT2D eigenvalue weighted by Crippen LogP contribution is 2.41. The van der Waals surface area contributed by atoms with Gasteiger partial charge >= 0.3 is 5.69 Å². The van der Waals surface area contributed by atoms with Crippen LogP contribution >= 0.6 is 0 Å². The van der Waals surface area contributed by atoms with Gasteiger partial charge in [-0.3, -0.25) is 14.0 Å². The number of aromatic amines is 1. The monoisotopic (exact) mass is 514 g/mol. The average Bonchev–Trinajstić information content (AvgIpc) is 3.51. The highest BCUT2D eigenvalue weighted by molar-refractivity contribution is 5.90. The number of H-pyrrole nitrogens is 1. The van der Waals surface area contributed by atoms with Gasteiger partial charge in [-0.25, -0.2) is 14.9 Å². The summed E-state index contributed by atoms with van der Waals surface area (Å²) in [5.41, 5.74) is 2.41. The number of halogens is 1. The Morgan fingerprint density at radius 1 is 1.08 bits per heavy atom. The summed E-state index contributed by atoms with van der Waals surface area (Å²) in [6.45, 7) is 0.451. The molecule has 1 aromatic carbocycles. The van der Waals surface area contributed by atoms with E-state index in [4.69, 9.17) is 0 Å². The summed E-state index contributed by atoms with van der Waals surface area (Å²) in [4.78, 5) is 44.6. The number of rotatable bonds is 7. The van der Waals surface area contributed by atoms with E-state index < -0.39 is 18.0 Å². The molecule has 2 atom stereocenters. The van der Waals surface area contributed by atoms with Crippen molar-refractivity contribution in [3.8, 4) is 0 Å². The Balaban J connectivity index is 1.23. The number of carbonyl (C=O) groups is 2. The quantitative estimate of drug-likeness (QED) is 0.369. The van der Waals surface area contributed by atoms with Gasteiger partial charge in [0.05, 0.1) is 18.2 Å². The second kappa shape index (κ2) is 9.85. The number of amides is 2. The van der Waals surface area contributed by atoms with Crippen LogP contribution in [0.2, 0.25) is 0 Å². The van der Waals surface area contributed by atoms with Crippen LogP contribution in [-0.4, -0.2) is 48.9 Å². The number of nitrogens with one attached hydrogen (secondary N) is 2. The number of nitrogens with zero attached hydrogens (tertiary/aromatic N) is 4. The van der Waals surface area contributed by atoms with E-state index in [1.807, 2.05) is 30.3 Å². The third-order valence-electron chi connectivity index (χ3n) is 7.37. The Morgan fingerprint density at radius 2 is 1.89 bits per heavy atom. The predicted octanol–water partition coefficient (Wildman–Crippen LogP) is 2.87. The van der Waals surface area contributed by atoms with Crippen LogP contribution in [0, 0.1) is 5.95 Å². The number of likely N-dealkylation sites (tertiary alicyclic amines) is 1. The minimum Gasteiger partial charge on any atom is -0.342 e. The lowest BCUT2D eigenvalue weighted by atomic mass is 10.0. The molecule has 1 aliphatic carbocycles. The van der Waals surface area contributed by atoms with E-state index in [0.717, 1.165) is 18.4 Å². The van der Waals surface area contributed by atoms with Crippen LogP contribution in [0.4, 0.5) is 4.39 Å². The zero-order valence-corrected chi connectivity index (χ0v) is 20.6. The molecule has 9 nitrogen and oxygen atoms in total. The summed E-state index contributed by atoms with van der Waals surface area (Å²) in [7, 11) is 0. The van der Waals surface area contributed by atoms with Crippen molar-refractivity contribution in [1.29, 1.82) is 0 Å². The molecular formula is C28H27FN6O3.